The Kier molecular flexibility index (Phi) is 5.14. The van der Waals surface area contributed by atoms with E-state index in [9.17, 15) is 9.00 Å². The lowest BCUT2D eigenvalue weighted by Crippen LogP contribution is -2.47. The summed E-state index contributed by atoms with van der Waals surface area (Å²) in [5.41, 5.74) is 5.83. The second-order valence-electron chi connectivity index (χ2n) is 5.30. The van der Waals surface area contributed by atoms with E-state index in [1.54, 1.807) is 0 Å². The third kappa shape index (κ3) is 4.33. The number of rotatable bonds is 3. The monoisotopic (exact) mass is 273 g/mol. The van der Waals surface area contributed by atoms with Gasteiger partial charge in [-0.3, -0.25) is 13.9 Å². The number of nitrogens with two attached hydrogens (primary N) is 1. The molecule has 0 spiro atoms. The summed E-state index contributed by atoms with van der Waals surface area (Å²) in [6.07, 6.45) is 3.66. The average molecular weight is 273 g/mol. The lowest BCUT2D eigenvalue weighted by atomic mass is 10.1. The highest BCUT2D eigenvalue weighted by Crippen LogP contribution is 2.10. The predicted molar refractivity (Wildman–Crippen MR) is 72.7 cm³/mol. The Morgan fingerprint density at radius 2 is 1.83 bits per heavy atom. The molecule has 0 atom stereocenters. The third-order valence-corrected chi connectivity index (χ3v) is 5.13. The quantitative estimate of drug-likeness (QED) is 0.722. The van der Waals surface area contributed by atoms with Crippen LogP contribution in [0.4, 0.5) is 0 Å². The molecule has 2 fully saturated rings. The Morgan fingerprint density at radius 3 is 2.44 bits per heavy atom. The van der Waals surface area contributed by atoms with Gasteiger partial charge in [-0.05, 0) is 25.7 Å². The van der Waals surface area contributed by atoms with Crippen molar-refractivity contribution in [2.75, 3.05) is 31.1 Å². The summed E-state index contributed by atoms with van der Waals surface area (Å²) in [7, 11) is -0.662. The van der Waals surface area contributed by atoms with Gasteiger partial charge in [-0.1, -0.05) is 0 Å². The lowest BCUT2D eigenvalue weighted by molar-refractivity contribution is -0.123. The second-order valence-corrected chi connectivity index (χ2v) is 7.00. The first-order valence-corrected chi connectivity index (χ1v) is 8.24. The zero-order chi connectivity index (χ0) is 13.0. The molecule has 0 unspecified atom stereocenters. The summed E-state index contributed by atoms with van der Waals surface area (Å²) >= 11 is 0. The maximum Gasteiger partial charge on any atom is 0.234 e. The molecule has 3 N–H and O–H groups in total. The van der Waals surface area contributed by atoms with Crippen molar-refractivity contribution in [1.29, 1.82) is 0 Å². The summed E-state index contributed by atoms with van der Waals surface area (Å²) in [5, 5.41) is 3.05. The zero-order valence-electron chi connectivity index (χ0n) is 10.8. The van der Waals surface area contributed by atoms with E-state index in [1.807, 2.05) is 0 Å². The summed E-state index contributed by atoms with van der Waals surface area (Å²) in [5.74, 6) is 1.55. The Morgan fingerprint density at radius 1 is 1.22 bits per heavy atom. The zero-order valence-corrected chi connectivity index (χ0v) is 11.6. The van der Waals surface area contributed by atoms with Gasteiger partial charge in [-0.25, -0.2) is 0 Å². The minimum Gasteiger partial charge on any atom is -0.352 e. The number of hydrogen-bond acceptors (Lipinski definition) is 4. The number of nitrogens with one attached hydrogen (secondary N) is 1. The van der Waals surface area contributed by atoms with E-state index in [2.05, 4.69) is 10.2 Å². The minimum absolute atomic E-state index is 0.100. The first kappa shape index (κ1) is 14.0. The van der Waals surface area contributed by atoms with E-state index >= 15 is 0 Å². The van der Waals surface area contributed by atoms with Crippen LogP contribution in [0.15, 0.2) is 0 Å². The number of carbonyl (C=O) groups excluding carboxylic acids is 1. The highest BCUT2D eigenvalue weighted by molar-refractivity contribution is 7.85. The Hall–Kier alpha value is -0.460. The van der Waals surface area contributed by atoms with Crippen molar-refractivity contribution in [3.8, 4) is 0 Å². The SMILES string of the molecule is NC1CCN(CC(=O)NC2CCS(=O)CC2)CC1. The fourth-order valence-corrected chi connectivity index (χ4v) is 3.82. The molecule has 0 saturated carbocycles. The van der Waals surface area contributed by atoms with Crippen molar-refractivity contribution >= 4 is 16.7 Å². The van der Waals surface area contributed by atoms with Gasteiger partial charge in [0.25, 0.3) is 0 Å². The van der Waals surface area contributed by atoms with Crippen LogP contribution in [0.2, 0.25) is 0 Å². The molecule has 18 heavy (non-hydrogen) atoms. The molecule has 0 aliphatic carbocycles. The first-order chi connectivity index (χ1) is 8.63. The van der Waals surface area contributed by atoms with Crippen LogP contribution in [0.5, 0.6) is 0 Å². The van der Waals surface area contributed by atoms with Gasteiger partial charge in [0.1, 0.15) is 0 Å². The van der Waals surface area contributed by atoms with Gasteiger partial charge in [0, 0.05) is 47.5 Å². The van der Waals surface area contributed by atoms with Crippen LogP contribution in [0.25, 0.3) is 0 Å². The molecule has 0 bridgehead atoms. The van der Waals surface area contributed by atoms with Gasteiger partial charge >= 0.3 is 0 Å². The maximum absolute atomic E-state index is 11.9. The van der Waals surface area contributed by atoms with Gasteiger partial charge < -0.3 is 11.1 Å². The molecule has 0 aromatic rings. The van der Waals surface area contributed by atoms with Crippen LogP contribution in [-0.4, -0.2) is 58.2 Å². The van der Waals surface area contributed by atoms with E-state index in [-0.39, 0.29) is 11.9 Å². The van der Waals surface area contributed by atoms with E-state index in [0.717, 1.165) is 50.3 Å². The first-order valence-electron chi connectivity index (χ1n) is 6.76. The molecule has 1 amide bonds. The number of amides is 1. The van der Waals surface area contributed by atoms with Crippen LogP contribution in [0.3, 0.4) is 0 Å². The van der Waals surface area contributed by atoms with E-state index < -0.39 is 10.8 Å². The van der Waals surface area contributed by atoms with E-state index in [4.69, 9.17) is 5.73 Å². The Balaban J connectivity index is 1.67. The van der Waals surface area contributed by atoms with Gasteiger partial charge in [0.15, 0.2) is 0 Å². The highest BCUT2D eigenvalue weighted by Gasteiger charge is 2.22. The van der Waals surface area contributed by atoms with Crippen LogP contribution in [-0.2, 0) is 15.6 Å². The van der Waals surface area contributed by atoms with E-state index in [0.29, 0.717) is 12.6 Å². The minimum atomic E-state index is -0.662. The normalized spacial score (nSPS) is 31.2. The molecule has 104 valence electrons. The number of piperidine rings is 1. The van der Waals surface area contributed by atoms with Crippen molar-refractivity contribution in [2.45, 2.75) is 37.8 Å². The summed E-state index contributed by atoms with van der Waals surface area (Å²) in [4.78, 5) is 14.0. The molecule has 2 aliphatic rings. The molecule has 0 aromatic heterocycles. The molecule has 2 heterocycles. The molecule has 0 radical (unpaired) electrons. The molecule has 5 nitrogen and oxygen atoms in total. The largest absolute Gasteiger partial charge is 0.352 e. The molecular weight excluding hydrogens is 250 g/mol. The van der Waals surface area contributed by atoms with Crippen LogP contribution >= 0.6 is 0 Å². The van der Waals surface area contributed by atoms with Crippen LogP contribution in [0, 0.1) is 0 Å². The Bertz CT molecular complexity index is 306. The number of carbonyl (C=O) groups is 1. The smallest absolute Gasteiger partial charge is 0.234 e. The van der Waals surface area contributed by atoms with Crippen LogP contribution in [0.1, 0.15) is 25.7 Å². The maximum atomic E-state index is 11.9. The van der Waals surface area contributed by atoms with Gasteiger partial charge in [-0.2, -0.15) is 0 Å². The topological polar surface area (TPSA) is 75.4 Å². The second kappa shape index (κ2) is 6.63. The average Bonchev–Trinajstić information content (AvgIpc) is 2.35. The molecule has 0 aromatic carbocycles. The summed E-state index contributed by atoms with van der Waals surface area (Å²) in [6.45, 7) is 2.32. The highest BCUT2D eigenvalue weighted by atomic mass is 32.2. The van der Waals surface area contributed by atoms with Gasteiger partial charge in [0.05, 0.1) is 6.54 Å². The fourth-order valence-electron chi connectivity index (χ4n) is 2.53. The van der Waals surface area contributed by atoms with Crippen molar-refractivity contribution in [3.05, 3.63) is 0 Å². The van der Waals surface area contributed by atoms with Crippen molar-refractivity contribution in [3.63, 3.8) is 0 Å². The van der Waals surface area contributed by atoms with Gasteiger partial charge in [0.2, 0.25) is 5.91 Å². The molecule has 6 heteroatoms. The summed E-state index contributed by atoms with van der Waals surface area (Å²) < 4.78 is 11.2. The Labute approximate surface area is 111 Å². The van der Waals surface area contributed by atoms with Crippen LogP contribution < -0.4 is 11.1 Å². The summed E-state index contributed by atoms with van der Waals surface area (Å²) in [6, 6.07) is 0.528. The van der Waals surface area contributed by atoms with E-state index in [1.165, 1.54) is 0 Å². The van der Waals surface area contributed by atoms with Crippen molar-refractivity contribution in [1.82, 2.24) is 10.2 Å². The molecule has 2 saturated heterocycles. The number of hydrogen-bond donors (Lipinski definition) is 2. The number of nitrogens with zero attached hydrogens (tertiary/aromatic N) is 1. The fraction of sp³-hybridized carbons (Fsp3) is 0.917. The van der Waals surface area contributed by atoms with Gasteiger partial charge in [-0.15, -0.1) is 0 Å². The third-order valence-electron chi connectivity index (χ3n) is 3.75. The van der Waals surface area contributed by atoms with Crippen molar-refractivity contribution in [2.24, 2.45) is 5.73 Å². The lowest BCUT2D eigenvalue weighted by Gasteiger charge is -2.30. The predicted octanol–water partition coefficient (Wildman–Crippen LogP) is -0.563. The standard InChI is InChI=1S/C12H23N3O2S/c13-10-1-5-15(6-2-10)9-12(16)14-11-3-7-18(17)8-4-11/h10-11H,1-9,13H2,(H,14,16). The molecule has 2 rings (SSSR count). The molecular formula is C12H23N3O2S. The number of likely N-dealkylation sites (tertiary alicyclic amines) is 1. The van der Waals surface area contributed by atoms with Crippen molar-refractivity contribution < 1.29 is 9.00 Å². The molecule has 2 aliphatic heterocycles.